The van der Waals surface area contributed by atoms with Gasteiger partial charge in [-0.2, -0.15) is 0 Å². The Balaban J connectivity index is 1.29. The minimum Gasteiger partial charge on any atom is -0.493 e. The Morgan fingerprint density at radius 1 is 0.774 bits per heavy atom. The van der Waals surface area contributed by atoms with Gasteiger partial charge in [-0.3, -0.25) is 0 Å². The minimum atomic E-state index is 0.691. The van der Waals surface area contributed by atoms with Crippen LogP contribution < -0.4 is 4.74 Å². The van der Waals surface area contributed by atoms with E-state index in [0.29, 0.717) is 6.61 Å². The molecule has 0 aliphatic carbocycles. The number of imidazole rings is 1. The number of aryl methyl sites for hydroxylation is 1. The molecule has 4 heteroatoms. The summed E-state index contributed by atoms with van der Waals surface area (Å²) in [7, 11) is 0. The Morgan fingerprint density at radius 2 is 1.55 bits per heavy atom. The van der Waals surface area contributed by atoms with Gasteiger partial charge in [0, 0.05) is 22.5 Å². The molecule has 154 valence electrons. The van der Waals surface area contributed by atoms with Crippen molar-refractivity contribution in [2.75, 3.05) is 6.61 Å². The second kappa shape index (κ2) is 8.83. The van der Waals surface area contributed by atoms with Crippen molar-refractivity contribution in [3.05, 3.63) is 96.0 Å². The van der Waals surface area contributed by atoms with Crippen molar-refractivity contribution >= 4 is 33.4 Å². The van der Waals surface area contributed by atoms with Crippen LogP contribution in [0.5, 0.6) is 5.75 Å². The van der Waals surface area contributed by atoms with Crippen LogP contribution in [-0.2, 0) is 6.54 Å². The molecule has 5 aromatic rings. The predicted molar refractivity (Wildman–Crippen MR) is 129 cm³/mol. The van der Waals surface area contributed by atoms with Gasteiger partial charge in [-0.1, -0.05) is 60.1 Å². The van der Waals surface area contributed by atoms with E-state index in [1.54, 1.807) is 0 Å². The molecule has 0 atom stereocenters. The number of hydrogen-bond acceptors (Lipinski definition) is 2. The highest BCUT2D eigenvalue weighted by molar-refractivity contribution is 6.30. The number of unbranched alkanes of at least 4 members (excludes halogenated alkanes) is 1. The lowest BCUT2D eigenvalue weighted by Crippen LogP contribution is -2.04. The number of hydrogen-bond donors (Lipinski definition) is 0. The molecule has 0 unspecified atom stereocenters. The molecule has 0 amide bonds. The Morgan fingerprint density at radius 3 is 2.45 bits per heavy atom. The molecule has 0 aliphatic rings. The summed E-state index contributed by atoms with van der Waals surface area (Å²) in [6.07, 6.45) is 1.97. The van der Waals surface area contributed by atoms with Crippen LogP contribution in [0.15, 0.2) is 91.0 Å². The quantitative estimate of drug-likeness (QED) is 0.254. The third kappa shape index (κ3) is 4.14. The van der Waals surface area contributed by atoms with E-state index in [2.05, 4.69) is 53.1 Å². The third-order valence-corrected chi connectivity index (χ3v) is 5.79. The molecule has 0 aliphatic heterocycles. The van der Waals surface area contributed by atoms with Crippen LogP contribution in [0, 0.1) is 0 Å². The maximum absolute atomic E-state index is 6.11. The first-order chi connectivity index (χ1) is 15.3. The predicted octanol–water partition coefficient (Wildman–Crippen LogP) is 7.37. The van der Waals surface area contributed by atoms with Crippen LogP contribution in [0.25, 0.3) is 33.2 Å². The van der Waals surface area contributed by atoms with E-state index in [1.807, 2.05) is 42.5 Å². The van der Waals surface area contributed by atoms with Crippen molar-refractivity contribution in [2.45, 2.75) is 19.4 Å². The molecule has 0 bridgehead atoms. The minimum absolute atomic E-state index is 0.691. The van der Waals surface area contributed by atoms with Gasteiger partial charge >= 0.3 is 0 Å². The molecule has 0 spiro atoms. The molecule has 4 aromatic carbocycles. The summed E-state index contributed by atoms with van der Waals surface area (Å²) >= 11 is 6.08. The molecule has 3 nitrogen and oxygen atoms in total. The molecule has 1 aromatic heterocycles. The molecule has 31 heavy (non-hydrogen) atoms. The fourth-order valence-electron chi connectivity index (χ4n) is 4.00. The number of aromatic nitrogens is 2. The summed E-state index contributed by atoms with van der Waals surface area (Å²) in [6.45, 7) is 1.58. The summed E-state index contributed by atoms with van der Waals surface area (Å²) in [5.74, 6) is 1.93. The molecular formula is C27H23ClN2O. The smallest absolute Gasteiger partial charge is 0.141 e. The maximum atomic E-state index is 6.11. The highest BCUT2D eigenvalue weighted by atomic mass is 35.5. The van der Waals surface area contributed by atoms with Gasteiger partial charge in [-0.05, 0) is 60.7 Å². The maximum Gasteiger partial charge on any atom is 0.141 e. The van der Waals surface area contributed by atoms with E-state index in [9.17, 15) is 0 Å². The van der Waals surface area contributed by atoms with Crippen LogP contribution in [0.1, 0.15) is 12.8 Å². The van der Waals surface area contributed by atoms with E-state index in [0.717, 1.165) is 58.0 Å². The summed E-state index contributed by atoms with van der Waals surface area (Å²) in [5.41, 5.74) is 3.24. The van der Waals surface area contributed by atoms with Crippen molar-refractivity contribution in [3.8, 4) is 17.1 Å². The van der Waals surface area contributed by atoms with Crippen molar-refractivity contribution in [2.24, 2.45) is 0 Å². The van der Waals surface area contributed by atoms with E-state index >= 15 is 0 Å². The van der Waals surface area contributed by atoms with Crippen molar-refractivity contribution in [1.82, 2.24) is 9.55 Å². The number of benzene rings is 4. The van der Waals surface area contributed by atoms with Crippen LogP contribution in [0.2, 0.25) is 5.02 Å². The average molecular weight is 427 g/mol. The van der Waals surface area contributed by atoms with Gasteiger partial charge in [-0.25, -0.2) is 4.98 Å². The van der Waals surface area contributed by atoms with Gasteiger partial charge in [0.25, 0.3) is 0 Å². The summed E-state index contributed by atoms with van der Waals surface area (Å²) in [4.78, 5) is 4.88. The van der Waals surface area contributed by atoms with Crippen molar-refractivity contribution < 1.29 is 4.74 Å². The molecule has 0 saturated carbocycles. The summed E-state index contributed by atoms with van der Waals surface area (Å²) in [5, 5.41) is 3.10. The Bertz CT molecular complexity index is 1320. The number of halogens is 1. The molecular weight excluding hydrogens is 404 g/mol. The number of para-hydroxylation sites is 2. The fraction of sp³-hybridized carbons (Fsp3) is 0.148. The number of nitrogens with zero attached hydrogens (tertiary/aromatic N) is 2. The van der Waals surface area contributed by atoms with Gasteiger partial charge in [0.1, 0.15) is 11.6 Å². The van der Waals surface area contributed by atoms with Gasteiger partial charge in [0.15, 0.2) is 0 Å². The molecule has 0 saturated heterocycles. The monoisotopic (exact) mass is 426 g/mol. The molecule has 5 rings (SSSR count). The first kappa shape index (κ1) is 19.7. The number of rotatable bonds is 7. The van der Waals surface area contributed by atoms with Crippen molar-refractivity contribution in [1.29, 1.82) is 0 Å². The zero-order valence-corrected chi connectivity index (χ0v) is 17.9. The van der Waals surface area contributed by atoms with Gasteiger partial charge in [0.05, 0.1) is 17.6 Å². The van der Waals surface area contributed by atoms with Gasteiger partial charge in [0.2, 0.25) is 0 Å². The highest BCUT2D eigenvalue weighted by Gasteiger charge is 2.12. The highest BCUT2D eigenvalue weighted by Crippen LogP contribution is 2.27. The second-order valence-electron chi connectivity index (χ2n) is 7.62. The standard InChI is InChI=1S/C27H23ClN2O/c28-22-16-14-21(15-17-22)27-29-24-11-3-4-12-25(24)30(27)18-5-6-19-31-26-13-7-9-20-8-1-2-10-23(20)26/h1-4,7-17H,5-6,18-19H2. The Labute approximate surface area is 186 Å². The Kier molecular flexibility index (Phi) is 5.59. The SMILES string of the molecule is Clc1ccc(-c2nc3ccccc3n2CCCCOc2cccc3ccccc23)cc1. The van der Waals surface area contributed by atoms with E-state index < -0.39 is 0 Å². The number of ether oxygens (including phenoxy) is 1. The largest absolute Gasteiger partial charge is 0.493 e. The van der Waals surface area contributed by atoms with Gasteiger partial charge < -0.3 is 9.30 Å². The van der Waals surface area contributed by atoms with E-state index in [1.165, 1.54) is 5.39 Å². The molecule has 0 radical (unpaired) electrons. The van der Waals surface area contributed by atoms with Crippen LogP contribution in [-0.4, -0.2) is 16.2 Å². The van der Waals surface area contributed by atoms with E-state index in [-0.39, 0.29) is 0 Å². The average Bonchev–Trinajstić information content (AvgIpc) is 3.18. The first-order valence-corrected chi connectivity index (χ1v) is 11.0. The lowest BCUT2D eigenvalue weighted by Gasteiger charge is -2.11. The zero-order chi connectivity index (χ0) is 21.0. The summed E-state index contributed by atoms with van der Waals surface area (Å²) < 4.78 is 8.42. The molecule has 0 N–H and O–H groups in total. The lowest BCUT2D eigenvalue weighted by molar-refractivity contribution is 0.307. The molecule has 1 heterocycles. The summed E-state index contributed by atoms with van der Waals surface area (Å²) in [6, 6.07) is 30.7. The third-order valence-electron chi connectivity index (χ3n) is 5.54. The topological polar surface area (TPSA) is 27.1 Å². The zero-order valence-electron chi connectivity index (χ0n) is 17.2. The van der Waals surface area contributed by atoms with E-state index in [4.69, 9.17) is 21.3 Å². The second-order valence-corrected chi connectivity index (χ2v) is 8.05. The normalized spacial score (nSPS) is 11.3. The van der Waals surface area contributed by atoms with Crippen LogP contribution in [0.4, 0.5) is 0 Å². The van der Waals surface area contributed by atoms with Crippen LogP contribution in [0.3, 0.4) is 0 Å². The van der Waals surface area contributed by atoms with Crippen LogP contribution >= 0.6 is 11.6 Å². The van der Waals surface area contributed by atoms with Gasteiger partial charge in [-0.15, -0.1) is 0 Å². The lowest BCUT2D eigenvalue weighted by atomic mass is 10.1. The first-order valence-electron chi connectivity index (χ1n) is 10.6. The molecule has 0 fully saturated rings. The fourth-order valence-corrected chi connectivity index (χ4v) is 4.12. The number of fused-ring (bicyclic) bond motifs is 2. The Hall–Kier alpha value is -3.30. The van der Waals surface area contributed by atoms with Crippen molar-refractivity contribution in [3.63, 3.8) is 0 Å².